The summed E-state index contributed by atoms with van der Waals surface area (Å²) in [5.74, 6) is 2.17. The highest BCUT2D eigenvalue weighted by atomic mass is 16.5. The molecule has 5 atom stereocenters. The van der Waals surface area contributed by atoms with Crippen molar-refractivity contribution in [2.45, 2.75) is 81.6 Å². The summed E-state index contributed by atoms with van der Waals surface area (Å²) >= 11 is 0. The van der Waals surface area contributed by atoms with E-state index in [1.807, 2.05) is 6.07 Å². The van der Waals surface area contributed by atoms with Crippen LogP contribution in [0.1, 0.15) is 57.1 Å². The van der Waals surface area contributed by atoms with Gasteiger partial charge in [0.15, 0.2) is 0 Å². The average molecular weight is 415 g/mol. The molecule has 1 heterocycles. The number of likely N-dealkylation sites (tertiary alicyclic amines) is 1. The van der Waals surface area contributed by atoms with E-state index in [0.717, 1.165) is 44.1 Å². The van der Waals surface area contributed by atoms with Gasteiger partial charge in [0.05, 0.1) is 18.8 Å². The Hall–Kier alpha value is -1.14. The normalized spacial score (nSPS) is 38.3. The Morgan fingerprint density at radius 1 is 1.27 bits per heavy atom. The molecule has 5 rings (SSSR count). The third-order valence-corrected chi connectivity index (χ3v) is 8.42. The number of aliphatic hydroxyl groups excluding tert-OH is 1. The number of benzene rings is 1. The second-order valence-electron chi connectivity index (χ2n) is 10.8. The second kappa shape index (κ2) is 7.47. The van der Waals surface area contributed by atoms with E-state index in [-0.39, 0.29) is 12.1 Å². The Kier molecular flexibility index (Phi) is 5.17. The number of methoxy groups -OCH3 is 1. The number of ether oxygens (including phenoxy) is 1. The highest BCUT2D eigenvalue weighted by Crippen LogP contribution is 2.59. The van der Waals surface area contributed by atoms with Crippen molar-refractivity contribution in [3.05, 3.63) is 29.3 Å². The van der Waals surface area contributed by atoms with Crippen LogP contribution in [-0.4, -0.2) is 65.6 Å². The molecule has 30 heavy (non-hydrogen) atoms. The van der Waals surface area contributed by atoms with Gasteiger partial charge in [-0.3, -0.25) is 4.90 Å². The van der Waals surface area contributed by atoms with Crippen LogP contribution in [0.4, 0.5) is 0 Å². The van der Waals surface area contributed by atoms with Gasteiger partial charge in [-0.15, -0.1) is 0 Å². The molecule has 0 amide bonds. The van der Waals surface area contributed by atoms with Crippen LogP contribution >= 0.6 is 0 Å². The lowest BCUT2D eigenvalue weighted by Gasteiger charge is -2.65. The molecule has 2 unspecified atom stereocenters. The summed E-state index contributed by atoms with van der Waals surface area (Å²) in [6, 6.07) is 6.46. The first kappa shape index (κ1) is 20.7. The zero-order valence-electron chi connectivity index (χ0n) is 18.7. The van der Waals surface area contributed by atoms with Crippen LogP contribution in [-0.2, 0) is 11.8 Å². The van der Waals surface area contributed by atoms with E-state index in [9.17, 15) is 10.2 Å². The summed E-state index contributed by atoms with van der Waals surface area (Å²) in [4.78, 5) is 2.58. The monoisotopic (exact) mass is 414 g/mol. The molecule has 4 aliphatic rings. The molecule has 0 aromatic heterocycles. The van der Waals surface area contributed by atoms with Gasteiger partial charge >= 0.3 is 0 Å². The standard InChI is InChI=1S/C25H38N2O3/c1-16(2)14-26-21-12-25(29)23-10-18-6-7-19(30-3)11-20(18)24(25,13-22(21)28)8-9-27(23)15-17-4-5-17/h6-7,11,16-17,21-23,26,28-29H,4-5,8-10,12-15H2,1-3H3/t21-,22?,23-,24?,25-/m1/s1. The van der Waals surface area contributed by atoms with Gasteiger partial charge in [0, 0.05) is 24.0 Å². The highest BCUT2D eigenvalue weighted by molar-refractivity contribution is 5.49. The third-order valence-electron chi connectivity index (χ3n) is 8.42. The molecule has 0 spiro atoms. The lowest BCUT2D eigenvalue weighted by atomic mass is 9.48. The number of aliphatic hydroxyl groups is 2. The van der Waals surface area contributed by atoms with Crippen LogP contribution in [0.15, 0.2) is 18.2 Å². The number of hydrogen-bond donors (Lipinski definition) is 3. The maximum atomic E-state index is 12.5. The molecule has 1 aromatic carbocycles. The number of rotatable bonds is 6. The molecule has 2 bridgehead atoms. The summed E-state index contributed by atoms with van der Waals surface area (Å²) < 4.78 is 5.56. The van der Waals surface area contributed by atoms with Crippen molar-refractivity contribution in [3.8, 4) is 5.75 Å². The minimum atomic E-state index is -0.826. The van der Waals surface area contributed by atoms with Crippen LogP contribution in [0.2, 0.25) is 0 Å². The summed E-state index contributed by atoms with van der Waals surface area (Å²) in [7, 11) is 1.71. The van der Waals surface area contributed by atoms with Gasteiger partial charge in [-0.1, -0.05) is 19.9 Å². The minimum Gasteiger partial charge on any atom is -0.497 e. The molecule has 166 valence electrons. The van der Waals surface area contributed by atoms with Crippen LogP contribution in [0, 0.1) is 11.8 Å². The van der Waals surface area contributed by atoms with Crippen LogP contribution in [0.5, 0.6) is 5.75 Å². The molecular weight excluding hydrogens is 376 g/mol. The molecule has 2 saturated carbocycles. The third kappa shape index (κ3) is 3.21. The number of nitrogens with one attached hydrogen (secondary N) is 1. The quantitative estimate of drug-likeness (QED) is 0.667. The Morgan fingerprint density at radius 3 is 2.77 bits per heavy atom. The lowest BCUT2D eigenvalue weighted by molar-refractivity contribution is -0.190. The Morgan fingerprint density at radius 2 is 2.07 bits per heavy atom. The predicted octanol–water partition coefficient (Wildman–Crippen LogP) is 2.47. The Balaban J connectivity index is 1.55. The molecule has 3 N–H and O–H groups in total. The molecule has 1 aromatic rings. The summed E-state index contributed by atoms with van der Waals surface area (Å²) in [6.45, 7) is 7.37. The second-order valence-corrected chi connectivity index (χ2v) is 10.8. The Bertz CT molecular complexity index is 795. The number of fused-ring (bicyclic) bond motifs is 1. The molecule has 1 saturated heterocycles. The SMILES string of the molecule is COc1ccc2c(c1)C13CCN(CC4CC4)[C@H](C2)[C@]1(O)C[C@@H](NCC(C)C)C(O)C3. The molecule has 5 nitrogen and oxygen atoms in total. The lowest BCUT2D eigenvalue weighted by Crippen LogP contribution is -2.76. The predicted molar refractivity (Wildman–Crippen MR) is 118 cm³/mol. The van der Waals surface area contributed by atoms with Crippen molar-refractivity contribution < 1.29 is 14.9 Å². The largest absolute Gasteiger partial charge is 0.497 e. The number of hydrogen-bond acceptors (Lipinski definition) is 5. The molecular formula is C25H38N2O3. The van der Waals surface area contributed by atoms with E-state index in [1.165, 1.54) is 24.0 Å². The molecule has 5 heteroatoms. The first-order valence-electron chi connectivity index (χ1n) is 11.9. The van der Waals surface area contributed by atoms with Gasteiger partial charge in [-0.05, 0) is 86.7 Å². The number of nitrogens with zero attached hydrogens (tertiary/aromatic N) is 1. The van der Waals surface area contributed by atoms with Crippen molar-refractivity contribution in [3.63, 3.8) is 0 Å². The van der Waals surface area contributed by atoms with Gasteiger partial charge in [0.2, 0.25) is 0 Å². The van der Waals surface area contributed by atoms with Crippen molar-refractivity contribution in [2.75, 3.05) is 26.7 Å². The van der Waals surface area contributed by atoms with E-state index >= 15 is 0 Å². The van der Waals surface area contributed by atoms with E-state index in [0.29, 0.717) is 18.8 Å². The van der Waals surface area contributed by atoms with Crippen molar-refractivity contribution >= 4 is 0 Å². The van der Waals surface area contributed by atoms with Gasteiger partial charge < -0.3 is 20.3 Å². The van der Waals surface area contributed by atoms with E-state index in [2.05, 4.69) is 36.2 Å². The average Bonchev–Trinajstić information content (AvgIpc) is 3.53. The smallest absolute Gasteiger partial charge is 0.119 e. The fraction of sp³-hybridized carbons (Fsp3) is 0.760. The topological polar surface area (TPSA) is 65.0 Å². The fourth-order valence-electron chi connectivity index (χ4n) is 6.64. The maximum absolute atomic E-state index is 12.5. The van der Waals surface area contributed by atoms with Crippen LogP contribution in [0.25, 0.3) is 0 Å². The summed E-state index contributed by atoms with van der Waals surface area (Å²) in [6.07, 6.45) is 5.24. The summed E-state index contributed by atoms with van der Waals surface area (Å²) in [5, 5.41) is 27.3. The first-order valence-corrected chi connectivity index (χ1v) is 11.9. The van der Waals surface area contributed by atoms with Crippen LogP contribution in [0.3, 0.4) is 0 Å². The molecule has 0 radical (unpaired) electrons. The van der Waals surface area contributed by atoms with E-state index in [4.69, 9.17) is 4.74 Å². The van der Waals surface area contributed by atoms with Gasteiger partial charge in [0.1, 0.15) is 5.75 Å². The zero-order chi connectivity index (χ0) is 21.1. The molecule has 1 aliphatic heterocycles. The van der Waals surface area contributed by atoms with Crippen molar-refractivity contribution in [1.29, 1.82) is 0 Å². The van der Waals surface area contributed by atoms with Gasteiger partial charge in [0.25, 0.3) is 0 Å². The molecule has 3 fully saturated rings. The fourth-order valence-corrected chi connectivity index (χ4v) is 6.64. The van der Waals surface area contributed by atoms with Gasteiger partial charge in [-0.2, -0.15) is 0 Å². The molecule has 3 aliphatic carbocycles. The summed E-state index contributed by atoms with van der Waals surface area (Å²) in [5.41, 5.74) is 1.32. The highest BCUT2D eigenvalue weighted by Gasteiger charge is 2.66. The zero-order valence-corrected chi connectivity index (χ0v) is 18.7. The van der Waals surface area contributed by atoms with Crippen LogP contribution < -0.4 is 10.1 Å². The van der Waals surface area contributed by atoms with Crippen molar-refractivity contribution in [2.24, 2.45) is 11.8 Å². The van der Waals surface area contributed by atoms with Gasteiger partial charge in [-0.25, -0.2) is 0 Å². The first-order chi connectivity index (χ1) is 14.4. The number of piperidine rings is 1. The van der Waals surface area contributed by atoms with Crippen molar-refractivity contribution in [1.82, 2.24) is 10.2 Å². The van der Waals surface area contributed by atoms with E-state index in [1.54, 1.807) is 7.11 Å². The minimum absolute atomic E-state index is 0.0546. The Labute approximate surface area is 180 Å². The van der Waals surface area contributed by atoms with E-state index < -0.39 is 17.1 Å². The maximum Gasteiger partial charge on any atom is 0.119 e.